The molecule has 0 aromatic heterocycles. The Balaban J connectivity index is 2.00. The third kappa shape index (κ3) is 3.08. The molecular weight excluding hydrogens is 301 g/mol. The fraction of sp³-hybridized carbons (Fsp3) is 0.150. The molecule has 0 amide bonds. The van der Waals surface area contributed by atoms with Crippen molar-refractivity contribution in [2.24, 2.45) is 10.7 Å². The van der Waals surface area contributed by atoms with Crippen LogP contribution in [-0.2, 0) is 6.42 Å². The van der Waals surface area contributed by atoms with Gasteiger partial charge in [-0.15, -0.1) is 0 Å². The smallest absolute Gasteiger partial charge is 0.200 e. The van der Waals surface area contributed by atoms with E-state index in [0.717, 1.165) is 17.5 Å². The molecule has 3 aromatic carbocycles. The Morgan fingerprint density at radius 3 is 2.54 bits per heavy atom. The molecule has 4 heteroatoms. The van der Waals surface area contributed by atoms with E-state index in [1.807, 2.05) is 42.3 Å². The molecule has 3 aromatic rings. The minimum atomic E-state index is -0.257. The summed E-state index contributed by atoms with van der Waals surface area (Å²) in [6, 6.07) is 18.5. The number of hydrogen-bond acceptors (Lipinski definition) is 1. The predicted molar refractivity (Wildman–Crippen MR) is 99.4 cm³/mol. The van der Waals surface area contributed by atoms with E-state index in [1.54, 1.807) is 12.1 Å². The van der Waals surface area contributed by atoms with Crippen LogP contribution in [0.25, 0.3) is 10.8 Å². The normalized spacial score (nSPS) is 11.7. The molecule has 24 heavy (non-hydrogen) atoms. The molecule has 2 N–H and O–H groups in total. The van der Waals surface area contributed by atoms with E-state index < -0.39 is 0 Å². The first kappa shape index (κ1) is 16.0. The quantitative estimate of drug-likeness (QED) is 0.565. The van der Waals surface area contributed by atoms with Gasteiger partial charge in [-0.2, -0.15) is 0 Å². The van der Waals surface area contributed by atoms with Crippen LogP contribution >= 0.6 is 0 Å². The number of guanidine groups is 1. The van der Waals surface area contributed by atoms with Gasteiger partial charge in [-0.05, 0) is 36.2 Å². The fourth-order valence-corrected chi connectivity index (χ4v) is 2.66. The Labute approximate surface area is 141 Å². The van der Waals surface area contributed by atoms with Gasteiger partial charge in [0.2, 0.25) is 5.96 Å². The van der Waals surface area contributed by atoms with Crippen molar-refractivity contribution in [1.29, 1.82) is 0 Å². The molecule has 3 nitrogen and oxygen atoms in total. The summed E-state index contributed by atoms with van der Waals surface area (Å²) < 4.78 is 13.9. The molecule has 0 aliphatic rings. The average molecular weight is 321 g/mol. The summed E-state index contributed by atoms with van der Waals surface area (Å²) in [7, 11) is 1.87. The second-order valence-electron chi connectivity index (χ2n) is 5.66. The van der Waals surface area contributed by atoms with Crippen LogP contribution in [0.15, 0.2) is 65.7 Å². The summed E-state index contributed by atoms with van der Waals surface area (Å²) >= 11 is 0. The van der Waals surface area contributed by atoms with Crippen molar-refractivity contribution >= 4 is 28.1 Å². The van der Waals surface area contributed by atoms with Crippen LogP contribution in [0, 0.1) is 5.82 Å². The third-order valence-corrected chi connectivity index (χ3v) is 4.13. The minimum absolute atomic E-state index is 0.257. The van der Waals surface area contributed by atoms with Crippen molar-refractivity contribution in [3.8, 4) is 0 Å². The second kappa shape index (κ2) is 6.71. The van der Waals surface area contributed by atoms with Crippen LogP contribution in [-0.4, -0.2) is 13.0 Å². The summed E-state index contributed by atoms with van der Waals surface area (Å²) in [6.45, 7) is 2.11. The van der Waals surface area contributed by atoms with E-state index in [2.05, 4.69) is 24.0 Å². The Morgan fingerprint density at radius 2 is 1.79 bits per heavy atom. The topological polar surface area (TPSA) is 41.6 Å². The average Bonchev–Trinajstić information content (AvgIpc) is 2.63. The SMILES string of the molecule is CCc1cccc(N(C)C(N)=Nc2ccc(F)c3ccccc23)c1. The number of aliphatic imine (C=N–C) groups is 1. The number of hydrogen-bond donors (Lipinski definition) is 1. The van der Waals surface area contributed by atoms with Gasteiger partial charge in [-0.3, -0.25) is 0 Å². The van der Waals surface area contributed by atoms with Gasteiger partial charge in [0, 0.05) is 23.5 Å². The van der Waals surface area contributed by atoms with E-state index in [9.17, 15) is 4.39 Å². The molecule has 0 aliphatic carbocycles. The lowest BCUT2D eigenvalue weighted by atomic mass is 10.1. The molecule has 0 bridgehead atoms. The van der Waals surface area contributed by atoms with Gasteiger partial charge in [0.1, 0.15) is 5.82 Å². The highest BCUT2D eigenvalue weighted by molar-refractivity contribution is 6.00. The zero-order valence-electron chi connectivity index (χ0n) is 13.8. The Morgan fingerprint density at radius 1 is 1.04 bits per heavy atom. The highest BCUT2D eigenvalue weighted by atomic mass is 19.1. The lowest BCUT2D eigenvalue weighted by Crippen LogP contribution is -2.33. The van der Waals surface area contributed by atoms with Gasteiger partial charge in [0.15, 0.2) is 0 Å². The van der Waals surface area contributed by atoms with Crippen molar-refractivity contribution in [3.05, 3.63) is 72.0 Å². The lowest BCUT2D eigenvalue weighted by molar-refractivity contribution is 0.640. The number of aryl methyl sites for hydroxylation is 1. The molecule has 0 atom stereocenters. The Kier molecular flexibility index (Phi) is 4.47. The van der Waals surface area contributed by atoms with Crippen molar-refractivity contribution < 1.29 is 4.39 Å². The van der Waals surface area contributed by atoms with Gasteiger partial charge in [0.25, 0.3) is 0 Å². The standard InChI is InChI=1S/C20H20FN3/c1-3-14-7-6-8-15(13-14)24(2)20(22)23-19-12-11-18(21)16-9-4-5-10-17(16)19/h4-13H,3H2,1-2H3,(H2,22,23). The maximum Gasteiger partial charge on any atom is 0.200 e. The number of rotatable bonds is 3. The summed E-state index contributed by atoms with van der Waals surface area (Å²) in [5.74, 6) is 0.104. The van der Waals surface area contributed by atoms with Gasteiger partial charge in [-0.1, -0.05) is 43.3 Å². The van der Waals surface area contributed by atoms with Gasteiger partial charge in [0.05, 0.1) is 5.69 Å². The Hall–Kier alpha value is -2.88. The van der Waals surface area contributed by atoms with Crippen molar-refractivity contribution in [3.63, 3.8) is 0 Å². The minimum Gasteiger partial charge on any atom is -0.369 e. The molecule has 0 saturated heterocycles. The summed E-state index contributed by atoms with van der Waals surface area (Å²) in [6.07, 6.45) is 0.960. The summed E-state index contributed by atoms with van der Waals surface area (Å²) in [4.78, 5) is 6.34. The Bertz CT molecular complexity index is 902. The molecule has 0 spiro atoms. The number of nitrogens with zero attached hydrogens (tertiary/aromatic N) is 2. The van der Waals surface area contributed by atoms with Crippen molar-refractivity contribution in [1.82, 2.24) is 0 Å². The highest BCUT2D eigenvalue weighted by Crippen LogP contribution is 2.28. The first-order valence-electron chi connectivity index (χ1n) is 7.94. The number of halogens is 1. The molecular formula is C20H20FN3. The zero-order chi connectivity index (χ0) is 17.1. The van der Waals surface area contributed by atoms with Crippen LogP contribution in [0.5, 0.6) is 0 Å². The first-order valence-corrected chi connectivity index (χ1v) is 7.94. The molecule has 0 aliphatic heterocycles. The number of fused-ring (bicyclic) bond motifs is 1. The van der Waals surface area contributed by atoms with Crippen LogP contribution in [0.2, 0.25) is 0 Å². The molecule has 0 unspecified atom stereocenters. The number of anilines is 1. The molecule has 0 saturated carbocycles. The number of benzene rings is 3. The summed E-state index contributed by atoms with van der Waals surface area (Å²) in [5.41, 5.74) is 9.05. The van der Waals surface area contributed by atoms with Crippen LogP contribution in [0.4, 0.5) is 15.8 Å². The zero-order valence-corrected chi connectivity index (χ0v) is 13.8. The van der Waals surface area contributed by atoms with Gasteiger partial charge >= 0.3 is 0 Å². The second-order valence-corrected chi connectivity index (χ2v) is 5.66. The van der Waals surface area contributed by atoms with E-state index >= 15 is 0 Å². The van der Waals surface area contributed by atoms with Crippen LogP contribution in [0.3, 0.4) is 0 Å². The van der Waals surface area contributed by atoms with Crippen molar-refractivity contribution in [2.45, 2.75) is 13.3 Å². The predicted octanol–water partition coefficient (Wildman–Crippen LogP) is 4.62. The van der Waals surface area contributed by atoms with Gasteiger partial charge < -0.3 is 10.6 Å². The van der Waals surface area contributed by atoms with Crippen LogP contribution in [0.1, 0.15) is 12.5 Å². The molecule has 3 rings (SSSR count). The fourth-order valence-electron chi connectivity index (χ4n) is 2.66. The first-order chi connectivity index (χ1) is 11.6. The van der Waals surface area contributed by atoms with E-state index in [-0.39, 0.29) is 5.82 Å². The van der Waals surface area contributed by atoms with Crippen LogP contribution < -0.4 is 10.6 Å². The van der Waals surface area contributed by atoms with E-state index in [1.165, 1.54) is 11.6 Å². The molecule has 122 valence electrons. The maximum atomic E-state index is 13.9. The monoisotopic (exact) mass is 321 g/mol. The van der Waals surface area contributed by atoms with Crippen molar-refractivity contribution in [2.75, 3.05) is 11.9 Å². The maximum absolute atomic E-state index is 13.9. The summed E-state index contributed by atoms with van der Waals surface area (Å²) in [5, 5.41) is 1.29. The van der Waals surface area contributed by atoms with E-state index in [4.69, 9.17) is 5.73 Å². The van der Waals surface area contributed by atoms with E-state index in [0.29, 0.717) is 17.0 Å². The lowest BCUT2D eigenvalue weighted by Gasteiger charge is -2.19. The number of nitrogens with two attached hydrogens (primary N) is 1. The molecule has 0 radical (unpaired) electrons. The van der Waals surface area contributed by atoms with Gasteiger partial charge in [-0.25, -0.2) is 9.38 Å². The molecule has 0 heterocycles. The highest BCUT2D eigenvalue weighted by Gasteiger charge is 2.09. The molecule has 0 fully saturated rings. The largest absolute Gasteiger partial charge is 0.369 e. The third-order valence-electron chi connectivity index (χ3n) is 4.13.